The first-order valence-corrected chi connectivity index (χ1v) is 7.01. The van der Waals surface area contributed by atoms with Gasteiger partial charge in [0.05, 0.1) is 12.6 Å². The van der Waals surface area contributed by atoms with Crippen molar-refractivity contribution in [3.8, 4) is 0 Å². The van der Waals surface area contributed by atoms with E-state index in [9.17, 15) is 9.59 Å². The highest BCUT2D eigenvalue weighted by Gasteiger charge is 2.33. The molecular weight excluding hydrogens is 246 g/mol. The predicted octanol–water partition coefficient (Wildman–Crippen LogP) is 1.76. The SMILES string of the molecule is CCC(CC(=O)N1CC(C(=O)O)O[C@H](C)C1)C(C)C. The molecule has 1 heterocycles. The van der Waals surface area contributed by atoms with Crippen LogP contribution in [0.4, 0.5) is 0 Å². The van der Waals surface area contributed by atoms with Gasteiger partial charge in [0.15, 0.2) is 6.10 Å². The summed E-state index contributed by atoms with van der Waals surface area (Å²) in [6.07, 6.45) is 0.337. The number of amides is 1. The molecule has 1 aliphatic rings. The molecular formula is C14H25NO4. The first kappa shape index (κ1) is 16.0. The fourth-order valence-corrected chi connectivity index (χ4v) is 2.50. The molecule has 0 bridgehead atoms. The second-order valence-electron chi connectivity index (χ2n) is 5.69. The number of aliphatic carboxylic acids is 1. The average molecular weight is 271 g/mol. The van der Waals surface area contributed by atoms with Gasteiger partial charge in [-0.25, -0.2) is 4.79 Å². The van der Waals surface area contributed by atoms with E-state index in [0.717, 1.165) is 6.42 Å². The minimum atomic E-state index is -1.000. The predicted molar refractivity (Wildman–Crippen MR) is 71.8 cm³/mol. The van der Waals surface area contributed by atoms with Gasteiger partial charge in [0.2, 0.25) is 5.91 Å². The maximum atomic E-state index is 12.3. The van der Waals surface area contributed by atoms with Gasteiger partial charge in [-0.2, -0.15) is 0 Å². The lowest BCUT2D eigenvalue weighted by Gasteiger charge is -2.36. The molecule has 3 atom stereocenters. The minimum Gasteiger partial charge on any atom is -0.479 e. The highest BCUT2D eigenvalue weighted by atomic mass is 16.5. The van der Waals surface area contributed by atoms with E-state index in [0.29, 0.717) is 24.8 Å². The van der Waals surface area contributed by atoms with Crippen LogP contribution in [-0.4, -0.2) is 47.2 Å². The van der Waals surface area contributed by atoms with Gasteiger partial charge < -0.3 is 14.7 Å². The van der Waals surface area contributed by atoms with E-state index in [4.69, 9.17) is 9.84 Å². The standard InChI is InChI=1S/C14H25NO4/c1-5-11(9(2)3)6-13(16)15-7-10(4)19-12(8-15)14(17)18/h9-12H,5-8H2,1-4H3,(H,17,18)/t10-,11?,12?/m1/s1. The van der Waals surface area contributed by atoms with Crippen molar-refractivity contribution in [1.82, 2.24) is 4.90 Å². The van der Waals surface area contributed by atoms with Crippen molar-refractivity contribution in [3.63, 3.8) is 0 Å². The number of carbonyl (C=O) groups is 2. The van der Waals surface area contributed by atoms with Gasteiger partial charge in [-0.3, -0.25) is 4.79 Å². The molecule has 1 amide bonds. The van der Waals surface area contributed by atoms with E-state index >= 15 is 0 Å². The fraction of sp³-hybridized carbons (Fsp3) is 0.857. The second kappa shape index (κ2) is 6.89. The molecule has 1 saturated heterocycles. The summed E-state index contributed by atoms with van der Waals surface area (Å²) < 4.78 is 5.31. The van der Waals surface area contributed by atoms with E-state index in [1.54, 1.807) is 11.8 Å². The number of morpholine rings is 1. The van der Waals surface area contributed by atoms with E-state index < -0.39 is 12.1 Å². The van der Waals surface area contributed by atoms with E-state index in [1.807, 2.05) is 0 Å². The Bertz CT molecular complexity index is 329. The molecule has 0 aromatic carbocycles. The van der Waals surface area contributed by atoms with Crippen LogP contribution in [0.1, 0.15) is 40.5 Å². The maximum Gasteiger partial charge on any atom is 0.334 e. The van der Waals surface area contributed by atoms with Crippen LogP contribution in [0.3, 0.4) is 0 Å². The first-order chi connectivity index (χ1) is 8.85. The van der Waals surface area contributed by atoms with Gasteiger partial charge >= 0.3 is 5.97 Å². The molecule has 5 nitrogen and oxygen atoms in total. The fourth-order valence-electron chi connectivity index (χ4n) is 2.50. The van der Waals surface area contributed by atoms with Crippen molar-refractivity contribution in [3.05, 3.63) is 0 Å². The molecule has 0 saturated carbocycles. The third-order valence-corrected chi connectivity index (χ3v) is 3.79. The summed E-state index contributed by atoms with van der Waals surface area (Å²) in [6, 6.07) is 0. The smallest absolute Gasteiger partial charge is 0.334 e. The van der Waals surface area contributed by atoms with E-state index in [1.165, 1.54) is 0 Å². The molecule has 5 heteroatoms. The Balaban J connectivity index is 2.62. The number of rotatable bonds is 5. The van der Waals surface area contributed by atoms with Crippen LogP contribution in [-0.2, 0) is 14.3 Å². The van der Waals surface area contributed by atoms with E-state index in [-0.39, 0.29) is 18.6 Å². The molecule has 1 rings (SSSR count). The summed E-state index contributed by atoms with van der Waals surface area (Å²) in [4.78, 5) is 24.9. The Kier molecular flexibility index (Phi) is 5.79. The topological polar surface area (TPSA) is 66.8 Å². The number of nitrogens with zero attached hydrogens (tertiary/aromatic N) is 1. The zero-order valence-electron chi connectivity index (χ0n) is 12.3. The third kappa shape index (κ3) is 4.49. The molecule has 0 spiro atoms. The Hall–Kier alpha value is -1.10. The number of carboxylic acid groups (broad SMARTS) is 1. The number of carboxylic acids is 1. The number of ether oxygens (including phenoxy) is 1. The third-order valence-electron chi connectivity index (χ3n) is 3.79. The Morgan fingerprint density at radius 3 is 2.47 bits per heavy atom. The zero-order valence-corrected chi connectivity index (χ0v) is 12.3. The summed E-state index contributed by atoms with van der Waals surface area (Å²) >= 11 is 0. The molecule has 0 radical (unpaired) electrons. The molecule has 0 aliphatic carbocycles. The summed E-state index contributed by atoms with van der Waals surface area (Å²) in [7, 11) is 0. The first-order valence-electron chi connectivity index (χ1n) is 7.01. The molecule has 0 aromatic rings. The van der Waals surface area contributed by atoms with Crippen LogP contribution in [0, 0.1) is 11.8 Å². The molecule has 2 unspecified atom stereocenters. The highest BCUT2D eigenvalue weighted by Crippen LogP contribution is 2.21. The molecule has 1 aliphatic heterocycles. The Morgan fingerprint density at radius 1 is 1.37 bits per heavy atom. The van der Waals surface area contributed by atoms with Crippen LogP contribution in [0.5, 0.6) is 0 Å². The van der Waals surface area contributed by atoms with Crippen molar-refractivity contribution in [2.24, 2.45) is 11.8 Å². The molecule has 1 fully saturated rings. The summed E-state index contributed by atoms with van der Waals surface area (Å²) in [5, 5.41) is 9.01. The van der Waals surface area contributed by atoms with Crippen LogP contribution < -0.4 is 0 Å². The van der Waals surface area contributed by atoms with Crippen LogP contribution in [0.15, 0.2) is 0 Å². The van der Waals surface area contributed by atoms with E-state index in [2.05, 4.69) is 20.8 Å². The lowest BCUT2D eigenvalue weighted by Crippen LogP contribution is -2.52. The molecule has 19 heavy (non-hydrogen) atoms. The summed E-state index contributed by atoms with van der Waals surface area (Å²) in [5.41, 5.74) is 0. The Labute approximate surface area is 114 Å². The molecule has 1 N–H and O–H groups in total. The minimum absolute atomic E-state index is 0.0435. The van der Waals surface area contributed by atoms with Gasteiger partial charge in [0.25, 0.3) is 0 Å². The van der Waals surface area contributed by atoms with Crippen LogP contribution in [0.25, 0.3) is 0 Å². The van der Waals surface area contributed by atoms with Gasteiger partial charge in [-0.05, 0) is 18.8 Å². The monoisotopic (exact) mass is 271 g/mol. The molecule has 0 aromatic heterocycles. The average Bonchev–Trinajstić information content (AvgIpc) is 2.34. The highest BCUT2D eigenvalue weighted by molar-refractivity contribution is 5.79. The quantitative estimate of drug-likeness (QED) is 0.827. The largest absolute Gasteiger partial charge is 0.479 e. The van der Waals surface area contributed by atoms with Gasteiger partial charge in [-0.15, -0.1) is 0 Å². The summed E-state index contributed by atoms with van der Waals surface area (Å²) in [6.45, 7) is 8.76. The number of hydrogen-bond donors (Lipinski definition) is 1. The van der Waals surface area contributed by atoms with Crippen molar-refractivity contribution in [2.75, 3.05) is 13.1 Å². The number of carbonyl (C=O) groups excluding carboxylic acids is 1. The zero-order chi connectivity index (χ0) is 14.6. The van der Waals surface area contributed by atoms with Crippen molar-refractivity contribution < 1.29 is 19.4 Å². The lowest BCUT2D eigenvalue weighted by atomic mass is 9.89. The van der Waals surface area contributed by atoms with Crippen molar-refractivity contribution in [2.45, 2.75) is 52.7 Å². The summed E-state index contributed by atoms with van der Waals surface area (Å²) in [5.74, 6) is -0.140. The molecule has 110 valence electrons. The Morgan fingerprint density at radius 2 is 2.00 bits per heavy atom. The maximum absolute atomic E-state index is 12.3. The van der Waals surface area contributed by atoms with Gasteiger partial charge in [-0.1, -0.05) is 27.2 Å². The normalized spacial score (nSPS) is 25.4. The number of hydrogen-bond acceptors (Lipinski definition) is 3. The van der Waals surface area contributed by atoms with Crippen LogP contribution >= 0.6 is 0 Å². The van der Waals surface area contributed by atoms with Gasteiger partial charge in [0, 0.05) is 13.0 Å². The lowest BCUT2D eigenvalue weighted by molar-refractivity contribution is -0.166. The van der Waals surface area contributed by atoms with Crippen molar-refractivity contribution >= 4 is 11.9 Å². The van der Waals surface area contributed by atoms with Crippen molar-refractivity contribution in [1.29, 1.82) is 0 Å². The van der Waals surface area contributed by atoms with Crippen LogP contribution in [0.2, 0.25) is 0 Å². The van der Waals surface area contributed by atoms with Gasteiger partial charge in [0.1, 0.15) is 0 Å². The second-order valence-corrected chi connectivity index (χ2v) is 5.69.